The Morgan fingerprint density at radius 1 is 1.07 bits per heavy atom. The number of nitrogens with zero attached hydrogens (tertiary/aromatic N) is 1. The minimum Gasteiger partial charge on any atom is -0.472 e. The van der Waals surface area contributed by atoms with Gasteiger partial charge in [0.2, 0.25) is 12.7 Å². The molecule has 14 nitrogen and oxygen atoms in total. The van der Waals surface area contributed by atoms with Crippen LogP contribution in [0, 0.1) is 5.41 Å². The van der Waals surface area contributed by atoms with E-state index < -0.39 is 71.1 Å². The minimum atomic E-state index is -1.16. The minimum absolute atomic E-state index is 0.154. The van der Waals surface area contributed by atoms with Crippen LogP contribution in [0.3, 0.4) is 0 Å². The average Bonchev–Trinajstić information content (AvgIpc) is 3.39. The highest BCUT2D eigenvalue weighted by molar-refractivity contribution is 8.00. The first kappa shape index (κ1) is 34.6. The Bertz CT molecular complexity index is 1450. The van der Waals surface area contributed by atoms with Gasteiger partial charge in [-0.05, 0) is 77.2 Å². The Kier molecular flexibility index (Phi) is 10.2. The molecule has 0 aromatic heterocycles. The van der Waals surface area contributed by atoms with Crippen molar-refractivity contribution in [3.05, 3.63) is 46.6 Å². The second kappa shape index (κ2) is 13.6. The summed E-state index contributed by atoms with van der Waals surface area (Å²) >= 11 is 1.25. The molecular formula is C31H39N3O11S. The molecule has 1 saturated heterocycles. The average molecular weight is 662 g/mol. The molecule has 0 spiro atoms. The van der Waals surface area contributed by atoms with E-state index in [1.807, 2.05) is 0 Å². The number of carbonyl (C=O) groups excluding carboxylic acids is 6. The van der Waals surface area contributed by atoms with Gasteiger partial charge in [-0.15, -0.1) is 11.8 Å². The lowest BCUT2D eigenvalue weighted by atomic mass is 9.98. The third-order valence-corrected chi connectivity index (χ3v) is 8.47. The highest BCUT2D eigenvalue weighted by Gasteiger charge is 2.55. The van der Waals surface area contributed by atoms with Crippen molar-refractivity contribution >= 4 is 47.6 Å². The van der Waals surface area contributed by atoms with Crippen molar-refractivity contribution in [3.8, 4) is 0 Å². The number of rotatable bonds is 9. The number of carbonyl (C=O) groups is 6. The van der Waals surface area contributed by atoms with E-state index >= 15 is 0 Å². The van der Waals surface area contributed by atoms with Crippen LogP contribution >= 0.6 is 11.8 Å². The fraction of sp³-hybridized carbons (Fsp3) is 0.548. The number of β-lactam (4-membered cyclic amide) rings is 1. The summed E-state index contributed by atoms with van der Waals surface area (Å²) in [6.45, 7) is 10.3. The fourth-order valence-electron chi connectivity index (χ4n) is 4.98. The molecule has 3 unspecified atom stereocenters. The van der Waals surface area contributed by atoms with Crippen molar-refractivity contribution in [2.24, 2.45) is 5.41 Å². The van der Waals surface area contributed by atoms with Crippen LogP contribution in [-0.2, 0) is 47.7 Å². The van der Waals surface area contributed by atoms with E-state index in [1.54, 1.807) is 53.9 Å². The van der Waals surface area contributed by atoms with Crippen molar-refractivity contribution in [1.29, 1.82) is 0 Å². The van der Waals surface area contributed by atoms with Gasteiger partial charge >= 0.3 is 24.0 Å². The maximum absolute atomic E-state index is 13.8. The van der Waals surface area contributed by atoms with Crippen LogP contribution in [0.1, 0.15) is 61.3 Å². The fourth-order valence-corrected chi connectivity index (χ4v) is 6.30. The Balaban J connectivity index is 1.53. The van der Waals surface area contributed by atoms with E-state index in [4.69, 9.17) is 23.7 Å². The molecule has 3 heterocycles. The summed E-state index contributed by atoms with van der Waals surface area (Å²) in [7, 11) is 0. The highest BCUT2D eigenvalue weighted by Crippen LogP contribution is 2.41. The predicted octanol–water partition coefficient (Wildman–Crippen LogP) is 2.71. The molecule has 0 aromatic rings. The van der Waals surface area contributed by atoms with Gasteiger partial charge in [-0.2, -0.15) is 0 Å². The molecule has 0 aromatic carbocycles. The van der Waals surface area contributed by atoms with Gasteiger partial charge in [0.1, 0.15) is 35.4 Å². The van der Waals surface area contributed by atoms with Gasteiger partial charge in [0.15, 0.2) is 0 Å². The molecule has 1 fully saturated rings. The van der Waals surface area contributed by atoms with Crippen molar-refractivity contribution in [2.45, 2.75) is 84.4 Å². The van der Waals surface area contributed by atoms with E-state index in [0.717, 1.165) is 11.1 Å². The van der Waals surface area contributed by atoms with Crippen molar-refractivity contribution in [3.63, 3.8) is 0 Å². The van der Waals surface area contributed by atoms with Crippen molar-refractivity contribution < 1.29 is 52.5 Å². The number of hydrogen-bond donors (Lipinski definition) is 2. The van der Waals surface area contributed by atoms with Gasteiger partial charge < -0.3 is 34.3 Å². The van der Waals surface area contributed by atoms with Crippen LogP contribution in [0.15, 0.2) is 46.6 Å². The van der Waals surface area contributed by atoms with Gasteiger partial charge in [-0.25, -0.2) is 9.59 Å². The second-order valence-corrected chi connectivity index (χ2v) is 14.1. The van der Waals surface area contributed by atoms with Crippen LogP contribution < -0.4 is 10.6 Å². The summed E-state index contributed by atoms with van der Waals surface area (Å²) < 4.78 is 26.0. The number of thioether (sulfide) groups is 1. The lowest BCUT2D eigenvalue weighted by Gasteiger charge is -2.49. The number of ether oxygens (including phenoxy) is 5. The lowest BCUT2D eigenvalue weighted by molar-refractivity contribution is -0.173. The van der Waals surface area contributed by atoms with E-state index in [9.17, 15) is 28.8 Å². The van der Waals surface area contributed by atoms with E-state index in [-0.39, 0.29) is 18.1 Å². The summed E-state index contributed by atoms with van der Waals surface area (Å²) in [6, 6.07) is -2.21. The maximum Gasteiger partial charge on any atom is 0.408 e. The predicted molar refractivity (Wildman–Crippen MR) is 163 cm³/mol. The summed E-state index contributed by atoms with van der Waals surface area (Å²) in [5.74, 6) is -3.22. The smallest absolute Gasteiger partial charge is 0.408 e. The largest absolute Gasteiger partial charge is 0.472 e. The zero-order chi connectivity index (χ0) is 34.0. The molecular weight excluding hydrogens is 622 g/mol. The van der Waals surface area contributed by atoms with E-state index in [2.05, 4.69) is 10.6 Å². The number of amides is 3. The van der Waals surface area contributed by atoms with Crippen LogP contribution in [0.4, 0.5) is 4.79 Å². The Morgan fingerprint density at radius 3 is 2.43 bits per heavy atom. The molecule has 46 heavy (non-hydrogen) atoms. The molecule has 0 bridgehead atoms. The molecule has 0 radical (unpaired) electrons. The van der Waals surface area contributed by atoms with Gasteiger partial charge in [-0.3, -0.25) is 24.1 Å². The van der Waals surface area contributed by atoms with Crippen molar-refractivity contribution in [1.82, 2.24) is 15.5 Å². The topological polar surface area (TPSA) is 176 Å². The first-order valence-electron chi connectivity index (χ1n) is 14.7. The van der Waals surface area contributed by atoms with Crippen molar-refractivity contribution in [2.75, 3.05) is 19.2 Å². The number of hydrogen-bond acceptors (Lipinski definition) is 12. The van der Waals surface area contributed by atoms with Crippen LogP contribution in [0.2, 0.25) is 0 Å². The third kappa shape index (κ3) is 7.92. The monoisotopic (exact) mass is 661 g/mol. The normalized spacial score (nSPS) is 21.2. The summed E-state index contributed by atoms with van der Waals surface area (Å²) in [5.41, 5.74) is 0.766. The molecule has 3 aliphatic heterocycles. The van der Waals surface area contributed by atoms with Gasteiger partial charge in [0.25, 0.3) is 5.91 Å². The summed E-state index contributed by atoms with van der Waals surface area (Å²) in [6.07, 6.45) is 5.02. The first-order chi connectivity index (χ1) is 21.5. The molecule has 2 N–H and O–H groups in total. The highest BCUT2D eigenvalue weighted by atomic mass is 32.2. The number of nitrogens with one attached hydrogen (secondary N) is 2. The third-order valence-electron chi connectivity index (χ3n) is 7.13. The zero-order valence-electron chi connectivity index (χ0n) is 26.8. The number of allylic oxidation sites excluding steroid dienone is 3. The first-order valence-corrected chi connectivity index (χ1v) is 15.7. The van der Waals surface area contributed by atoms with Gasteiger partial charge in [-0.1, -0.05) is 0 Å². The Morgan fingerprint density at radius 2 is 1.78 bits per heavy atom. The van der Waals surface area contributed by atoms with Crippen LogP contribution in [0.5, 0.6) is 0 Å². The molecule has 4 aliphatic rings. The Labute approximate surface area is 270 Å². The Hall–Kier alpha value is -4.27. The summed E-state index contributed by atoms with van der Waals surface area (Å²) in [4.78, 5) is 78.1. The molecule has 15 heteroatoms. The number of fused-ring (bicyclic) bond motifs is 2. The standard InChI is InChI=1S/C31H39N3O11S/c1-16(35)42-13-18-14-46-26-22(25(37)34(26)23(18)27(38)43-15-44-28(39)30(2,3)4)32-24(36)21(33-29(40)45-31(5,6)7)20-9-8-17-12-41-11-10-19(17)20/h10-12,21-22,26H,8-9,13-15H2,1-7H3,(H,32,36)(H,33,40). The molecule has 250 valence electrons. The van der Waals surface area contributed by atoms with Gasteiger partial charge in [0, 0.05) is 18.2 Å². The van der Waals surface area contributed by atoms with Crippen LogP contribution in [0.25, 0.3) is 0 Å². The van der Waals surface area contributed by atoms with E-state index in [1.165, 1.54) is 29.8 Å². The molecule has 3 atom stereocenters. The van der Waals surface area contributed by atoms with E-state index in [0.29, 0.717) is 24.0 Å². The zero-order valence-corrected chi connectivity index (χ0v) is 27.7. The molecule has 1 aliphatic carbocycles. The number of esters is 3. The molecule has 3 amide bonds. The quantitative estimate of drug-likeness (QED) is 0.160. The second-order valence-electron chi connectivity index (χ2n) is 13.0. The number of alkyl carbamates (subject to hydrolysis) is 1. The molecule has 0 saturated carbocycles. The maximum atomic E-state index is 13.8. The van der Waals surface area contributed by atoms with Gasteiger partial charge in [0.05, 0.1) is 17.9 Å². The lowest BCUT2D eigenvalue weighted by Crippen LogP contribution is -2.72. The summed E-state index contributed by atoms with van der Waals surface area (Å²) in [5, 5.41) is 4.69. The van der Waals surface area contributed by atoms with Crippen LogP contribution in [-0.4, -0.2) is 82.9 Å². The molecule has 4 rings (SSSR count). The SMILES string of the molecule is CC(=O)OCC1=C(C(=O)OCOC(=O)C(C)(C)C)N2C(=O)C(NC(=O)C(NC(=O)OC(C)(C)C)C3=C4C=COC=C4CC3)C2SC1.